The number of aliphatic hydroxyl groups is 1. The summed E-state index contributed by atoms with van der Waals surface area (Å²) in [6.45, 7) is 0.118. The zero-order chi connectivity index (χ0) is 21.3. The second-order valence-electron chi connectivity index (χ2n) is 6.90. The summed E-state index contributed by atoms with van der Waals surface area (Å²) in [5.74, 6) is -1.48. The number of aliphatic hydroxyl groups excluding tert-OH is 1. The van der Waals surface area contributed by atoms with Crippen LogP contribution in [0.4, 0.5) is 0 Å². The second-order valence-corrected chi connectivity index (χ2v) is 9.26. The molecule has 1 atom stereocenters. The number of halogens is 1. The number of rotatable bonds is 5. The minimum absolute atomic E-state index is 0.0219. The molecule has 0 radical (unpaired) electrons. The predicted octanol–water partition coefficient (Wildman–Crippen LogP) is 4.67. The number of nitrogens with zero attached hydrogens (tertiary/aromatic N) is 1. The van der Waals surface area contributed by atoms with Crippen molar-refractivity contribution in [3.8, 4) is 0 Å². The Labute approximate surface area is 179 Å². The maximum absolute atomic E-state index is 13.4. The van der Waals surface area contributed by atoms with Gasteiger partial charge in [-0.25, -0.2) is 8.42 Å². The average Bonchev–Trinajstić information content (AvgIpc) is 3.02. The highest BCUT2D eigenvalue weighted by atomic mass is 35.5. The van der Waals surface area contributed by atoms with Crippen molar-refractivity contribution in [1.29, 1.82) is 0 Å². The van der Waals surface area contributed by atoms with Gasteiger partial charge in [0.05, 0.1) is 10.9 Å². The van der Waals surface area contributed by atoms with Gasteiger partial charge in [0.25, 0.3) is 5.91 Å². The Hall–Kier alpha value is -3.09. The van der Waals surface area contributed by atoms with Gasteiger partial charge >= 0.3 is 0 Å². The molecule has 1 aliphatic rings. The first-order chi connectivity index (χ1) is 14.4. The summed E-state index contributed by atoms with van der Waals surface area (Å²) in [5.41, 5.74) is 1.36. The van der Waals surface area contributed by atoms with Crippen LogP contribution in [0.5, 0.6) is 0 Å². The Balaban J connectivity index is 1.84. The molecule has 1 N–H and O–H groups in total. The molecule has 0 spiro atoms. The number of benzene rings is 3. The quantitative estimate of drug-likeness (QED) is 0.627. The maximum atomic E-state index is 13.4. The molecule has 5 nitrogen and oxygen atoms in total. The van der Waals surface area contributed by atoms with E-state index in [0.29, 0.717) is 10.6 Å². The van der Waals surface area contributed by atoms with Gasteiger partial charge in [0.15, 0.2) is 5.76 Å². The van der Waals surface area contributed by atoms with Gasteiger partial charge in [-0.15, -0.1) is 0 Å². The van der Waals surface area contributed by atoms with E-state index in [4.69, 9.17) is 11.6 Å². The van der Waals surface area contributed by atoms with E-state index in [9.17, 15) is 18.3 Å². The number of carbonyl (C=O) groups excluding carboxylic acids is 1. The molecular weight excluding hydrogens is 422 g/mol. The first-order valence-electron chi connectivity index (χ1n) is 9.23. The topological polar surface area (TPSA) is 74.7 Å². The molecule has 1 amide bonds. The Morgan fingerprint density at radius 3 is 2.03 bits per heavy atom. The van der Waals surface area contributed by atoms with E-state index in [2.05, 4.69) is 0 Å². The van der Waals surface area contributed by atoms with Crippen LogP contribution in [0.1, 0.15) is 17.2 Å². The van der Waals surface area contributed by atoms with Crippen molar-refractivity contribution < 1.29 is 18.3 Å². The smallest absolute Gasteiger partial charge is 0.290 e. The lowest BCUT2D eigenvalue weighted by atomic mass is 10.1. The number of amides is 1. The third-order valence-electron chi connectivity index (χ3n) is 4.98. The summed E-state index contributed by atoms with van der Waals surface area (Å²) in [6.07, 6.45) is 0. The Morgan fingerprint density at radius 2 is 1.43 bits per heavy atom. The lowest BCUT2D eigenvalue weighted by molar-refractivity contribution is -0.130. The summed E-state index contributed by atoms with van der Waals surface area (Å²) in [6, 6.07) is 22.6. The van der Waals surface area contributed by atoms with E-state index in [-0.39, 0.29) is 16.3 Å². The number of carbonyl (C=O) groups is 1. The van der Waals surface area contributed by atoms with Crippen LogP contribution in [0.2, 0.25) is 5.02 Å². The molecule has 1 heterocycles. The Morgan fingerprint density at radius 1 is 0.867 bits per heavy atom. The van der Waals surface area contributed by atoms with E-state index in [1.54, 1.807) is 72.8 Å². The fourth-order valence-electron chi connectivity index (χ4n) is 3.55. The summed E-state index contributed by atoms with van der Waals surface area (Å²) < 4.78 is 26.8. The normalized spacial score (nSPS) is 16.9. The molecule has 4 rings (SSSR count). The molecule has 0 aliphatic carbocycles. The molecule has 0 unspecified atom stereocenters. The first kappa shape index (κ1) is 20.2. The largest absolute Gasteiger partial charge is 0.502 e. The SMILES string of the molecule is O=C1C(O)=C(S(=O)(=O)c2ccccc2)[C@H](c2ccccc2)N1Cc1ccc(Cl)cc1. The van der Waals surface area contributed by atoms with Crippen LogP contribution in [-0.4, -0.2) is 24.3 Å². The van der Waals surface area contributed by atoms with Crippen LogP contribution in [0.25, 0.3) is 0 Å². The fraction of sp³-hybridized carbons (Fsp3) is 0.0870. The van der Waals surface area contributed by atoms with Crippen LogP contribution in [0, 0.1) is 0 Å². The molecule has 3 aromatic carbocycles. The van der Waals surface area contributed by atoms with Gasteiger partial charge in [0, 0.05) is 11.6 Å². The van der Waals surface area contributed by atoms with Crippen molar-refractivity contribution in [2.24, 2.45) is 0 Å². The first-order valence-corrected chi connectivity index (χ1v) is 11.1. The molecule has 0 aromatic heterocycles. The fourth-order valence-corrected chi connectivity index (χ4v) is 5.34. The van der Waals surface area contributed by atoms with Crippen molar-refractivity contribution >= 4 is 27.3 Å². The molecule has 30 heavy (non-hydrogen) atoms. The van der Waals surface area contributed by atoms with E-state index in [0.717, 1.165) is 5.56 Å². The lowest BCUT2D eigenvalue weighted by Gasteiger charge is -2.27. The standard InChI is InChI=1S/C23H18ClNO4S/c24-18-13-11-16(12-14-18)15-25-20(17-7-3-1-4-8-17)22(21(26)23(25)27)30(28,29)19-9-5-2-6-10-19/h1-14,20,26H,15H2/t20-/m0/s1. The zero-order valence-electron chi connectivity index (χ0n) is 15.8. The number of hydrogen-bond acceptors (Lipinski definition) is 4. The summed E-state index contributed by atoms with van der Waals surface area (Å²) in [7, 11) is -4.10. The van der Waals surface area contributed by atoms with Crippen LogP contribution < -0.4 is 0 Å². The molecule has 1 aliphatic heterocycles. The molecular formula is C23H18ClNO4S. The Kier molecular flexibility index (Phi) is 5.37. The second kappa shape index (κ2) is 7.97. The molecule has 7 heteroatoms. The molecule has 3 aromatic rings. The minimum atomic E-state index is -4.10. The molecule has 0 saturated carbocycles. The van der Waals surface area contributed by atoms with Crippen molar-refractivity contribution in [1.82, 2.24) is 4.90 Å². The van der Waals surface area contributed by atoms with Gasteiger partial charge in [-0.2, -0.15) is 0 Å². The van der Waals surface area contributed by atoms with Crippen molar-refractivity contribution in [2.45, 2.75) is 17.5 Å². The molecule has 0 bridgehead atoms. The number of sulfone groups is 1. The van der Waals surface area contributed by atoms with E-state index in [1.165, 1.54) is 17.0 Å². The monoisotopic (exact) mass is 439 g/mol. The highest BCUT2D eigenvalue weighted by molar-refractivity contribution is 7.95. The van der Waals surface area contributed by atoms with Gasteiger partial charge in [0.2, 0.25) is 9.84 Å². The van der Waals surface area contributed by atoms with Crippen LogP contribution in [0.3, 0.4) is 0 Å². The number of hydrogen-bond donors (Lipinski definition) is 1. The Bertz CT molecular complexity index is 1210. The summed E-state index contributed by atoms with van der Waals surface area (Å²) in [4.78, 5) is 14.1. The van der Waals surface area contributed by atoms with E-state index < -0.39 is 27.5 Å². The molecule has 152 valence electrons. The van der Waals surface area contributed by atoms with Gasteiger partial charge in [-0.1, -0.05) is 72.3 Å². The molecule has 0 saturated heterocycles. The summed E-state index contributed by atoms with van der Waals surface area (Å²) >= 11 is 5.95. The average molecular weight is 440 g/mol. The van der Waals surface area contributed by atoms with Crippen molar-refractivity contribution in [3.05, 3.63) is 112 Å². The maximum Gasteiger partial charge on any atom is 0.290 e. The van der Waals surface area contributed by atoms with E-state index in [1.807, 2.05) is 0 Å². The molecule has 0 fully saturated rings. The van der Waals surface area contributed by atoms with Gasteiger partial charge in [-0.05, 0) is 35.4 Å². The lowest BCUT2D eigenvalue weighted by Crippen LogP contribution is -2.30. The van der Waals surface area contributed by atoms with Crippen molar-refractivity contribution in [3.63, 3.8) is 0 Å². The predicted molar refractivity (Wildman–Crippen MR) is 114 cm³/mol. The van der Waals surface area contributed by atoms with E-state index >= 15 is 0 Å². The van der Waals surface area contributed by atoms with Gasteiger partial charge < -0.3 is 10.0 Å². The summed E-state index contributed by atoms with van der Waals surface area (Å²) in [5, 5.41) is 11.2. The minimum Gasteiger partial charge on any atom is -0.502 e. The zero-order valence-corrected chi connectivity index (χ0v) is 17.3. The van der Waals surface area contributed by atoms with Gasteiger partial charge in [-0.3, -0.25) is 4.79 Å². The van der Waals surface area contributed by atoms with Crippen LogP contribution in [0.15, 0.2) is 100 Å². The van der Waals surface area contributed by atoms with Gasteiger partial charge in [0.1, 0.15) is 4.91 Å². The highest BCUT2D eigenvalue weighted by Gasteiger charge is 2.46. The van der Waals surface area contributed by atoms with Crippen LogP contribution >= 0.6 is 11.6 Å². The van der Waals surface area contributed by atoms with Crippen LogP contribution in [-0.2, 0) is 21.2 Å². The highest BCUT2D eigenvalue weighted by Crippen LogP contribution is 2.43. The van der Waals surface area contributed by atoms with Crippen molar-refractivity contribution in [2.75, 3.05) is 0 Å². The third-order valence-corrected chi connectivity index (χ3v) is 7.12. The third kappa shape index (κ3) is 3.60.